The van der Waals surface area contributed by atoms with Crippen molar-refractivity contribution in [3.8, 4) is 5.88 Å². The van der Waals surface area contributed by atoms with Crippen molar-refractivity contribution >= 4 is 5.78 Å². The van der Waals surface area contributed by atoms with Gasteiger partial charge in [0.1, 0.15) is 0 Å². The fourth-order valence-electron chi connectivity index (χ4n) is 1.97. The van der Waals surface area contributed by atoms with Crippen LogP contribution in [0.3, 0.4) is 0 Å². The third-order valence-corrected chi connectivity index (χ3v) is 3.01. The summed E-state index contributed by atoms with van der Waals surface area (Å²) in [5, 5.41) is 0. The van der Waals surface area contributed by atoms with Gasteiger partial charge in [-0.1, -0.05) is 6.07 Å². The number of ketones is 1. The first-order valence-electron chi connectivity index (χ1n) is 6.06. The predicted octanol–water partition coefficient (Wildman–Crippen LogP) is 3.65. The minimum absolute atomic E-state index is 0.141. The lowest BCUT2D eigenvalue weighted by molar-refractivity contribution is -0.137. The summed E-state index contributed by atoms with van der Waals surface area (Å²) in [5.41, 5.74) is -0.132. The lowest BCUT2D eigenvalue weighted by atomic mass is 9.97. The van der Waals surface area contributed by atoms with Crippen molar-refractivity contribution in [1.29, 1.82) is 0 Å². The van der Waals surface area contributed by atoms with Gasteiger partial charge in [-0.05, 0) is 36.8 Å². The van der Waals surface area contributed by atoms with Crippen LogP contribution in [0.2, 0.25) is 0 Å². The maximum atomic E-state index is 12.6. The predicted molar refractivity (Wildman–Crippen MR) is 70.4 cm³/mol. The fourth-order valence-corrected chi connectivity index (χ4v) is 1.97. The quantitative estimate of drug-likeness (QED) is 0.811. The van der Waals surface area contributed by atoms with Crippen molar-refractivity contribution < 1.29 is 22.7 Å². The molecule has 0 N–H and O–H groups in total. The minimum Gasteiger partial charge on any atom is -0.480 e. The van der Waals surface area contributed by atoms with Gasteiger partial charge in [0.2, 0.25) is 5.88 Å². The monoisotopic (exact) mass is 295 g/mol. The smallest absolute Gasteiger partial charge is 0.416 e. The van der Waals surface area contributed by atoms with Crippen LogP contribution in [-0.4, -0.2) is 17.9 Å². The molecule has 0 unspecified atom stereocenters. The topological polar surface area (TPSA) is 39.2 Å². The molecule has 0 saturated heterocycles. The molecule has 0 fully saturated rings. The highest BCUT2D eigenvalue weighted by atomic mass is 19.4. The van der Waals surface area contributed by atoms with Crippen molar-refractivity contribution in [2.45, 2.75) is 13.1 Å². The second kappa shape index (κ2) is 5.55. The van der Waals surface area contributed by atoms with Crippen molar-refractivity contribution in [2.75, 3.05) is 7.11 Å². The molecular formula is C15H12F3NO2. The Morgan fingerprint density at radius 3 is 2.48 bits per heavy atom. The average molecular weight is 295 g/mol. The Balaban J connectivity index is 2.45. The maximum absolute atomic E-state index is 12.6. The van der Waals surface area contributed by atoms with E-state index in [2.05, 4.69) is 4.98 Å². The number of nitrogens with zero attached hydrogens (tertiary/aromatic N) is 1. The van der Waals surface area contributed by atoms with E-state index in [0.717, 1.165) is 12.1 Å². The highest BCUT2D eigenvalue weighted by molar-refractivity contribution is 6.11. The zero-order valence-electron chi connectivity index (χ0n) is 11.4. The van der Waals surface area contributed by atoms with Gasteiger partial charge in [-0.2, -0.15) is 13.2 Å². The molecule has 0 radical (unpaired) electrons. The second-order valence-corrected chi connectivity index (χ2v) is 4.42. The van der Waals surface area contributed by atoms with E-state index in [9.17, 15) is 18.0 Å². The third-order valence-electron chi connectivity index (χ3n) is 3.01. The third kappa shape index (κ3) is 3.04. The van der Waals surface area contributed by atoms with E-state index < -0.39 is 17.5 Å². The normalized spacial score (nSPS) is 11.3. The Kier molecular flexibility index (Phi) is 3.97. The summed E-state index contributed by atoms with van der Waals surface area (Å²) in [7, 11) is 1.37. The van der Waals surface area contributed by atoms with E-state index in [1.165, 1.54) is 32.4 Å². The standard InChI is InChI=1S/C15H12F3NO2/c1-9-8-10(15(16,17)18)5-6-11(9)13(20)12-4-3-7-19-14(12)21-2/h3-8H,1-2H3. The van der Waals surface area contributed by atoms with Gasteiger partial charge in [0.05, 0.1) is 18.2 Å². The van der Waals surface area contributed by atoms with E-state index in [4.69, 9.17) is 4.74 Å². The maximum Gasteiger partial charge on any atom is 0.416 e. The van der Waals surface area contributed by atoms with Gasteiger partial charge >= 0.3 is 6.18 Å². The molecule has 2 aromatic rings. The number of ether oxygens (including phenoxy) is 1. The second-order valence-electron chi connectivity index (χ2n) is 4.42. The summed E-state index contributed by atoms with van der Waals surface area (Å²) in [5.74, 6) is -0.284. The van der Waals surface area contributed by atoms with E-state index in [0.29, 0.717) is 0 Å². The van der Waals surface area contributed by atoms with Gasteiger partial charge in [0, 0.05) is 11.8 Å². The molecule has 0 saturated carbocycles. The molecule has 1 aromatic heterocycles. The summed E-state index contributed by atoms with van der Waals surface area (Å²) in [6, 6.07) is 6.10. The highest BCUT2D eigenvalue weighted by Crippen LogP contribution is 2.31. The largest absolute Gasteiger partial charge is 0.480 e. The van der Waals surface area contributed by atoms with Gasteiger partial charge in [0.25, 0.3) is 0 Å². The summed E-state index contributed by atoms with van der Waals surface area (Å²) in [6.07, 6.45) is -2.96. The van der Waals surface area contributed by atoms with Crippen molar-refractivity contribution in [3.05, 3.63) is 58.8 Å². The number of aryl methyl sites for hydroxylation is 1. The molecule has 0 aliphatic heterocycles. The SMILES string of the molecule is COc1ncccc1C(=O)c1ccc(C(F)(F)F)cc1C. The molecule has 3 nitrogen and oxygen atoms in total. The van der Waals surface area contributed by atoms with Crippen molar-refractivity contribution in [2.24, 2.45) is 0 Å². The van der Waals surface area contributed by atoms with Crippen LogP contribution in [-0.2, 0) is 6.18 Å². The molecule has 2 rings (SSSR count). The number of aromatic nitrogens is 1. The Labute approximate surface area is 119 Å². The summed E-state index contributed by atoms with van der Waals surface area (Å²) in [4.78, 5) is 16.3. The number of carbonyl (C=O) groups is 1. The van der Waals surface area contributed by atoms with E-state index in [-0.39, 0.29) is 22.6 Å². The number of carbonyl (C=O) groups excluding carboxylic acids is 1. The molecular weight excluding hydrogens is 283 g/mol. The zero-order valence-corrected chi connectivity index (χ0v) is 11.4. The van der Waals surface area contributed by atoms with Crippen molar-refractivity contribution in [1.82, 2.24) is 4.98 Å². The van der Waals surface area contributed by atoms with Crippen LogP contribution in [0.25, 0.3) is 0 Å². The molecule has 6 heteroatoms. The van der Waals surface area contributed by atoms with Crippen LogP contribution in [0.4, 0.5) is 13.2 Å². The molecule has 110 valence electrons. The summed E-state index contributed by atoms with van der Waals surface area (Å²) >= 11 is 0. The first kappa shape index (κ1) is 15.0. The Morgan fingerprint density at radius 2 is 1.90 bits per heavy atom. The first-order chi connectivity index (χ1) is 9.84. The Bertz CT molecular complexity index is 681. The van der Waals surface area contributed by atoms with Gasteiger partial charge < -0.3 is 4.74 Å². The number of hydrogen-bond donors (Lipinski definition) is 0. The van der Waals surface area contributed by atoms with E-state index in [1.807, 2.05) is 0 Å². The van der Waals surface area contributed by atoms with E-state index >= 15 is 0 Å². The van der Waals surface area contributed by atoms with Crippen LogP contribution in [0.1, 0.15) is 27.0 Å². The van der Waals surface area contributed by atoms with Crippen LogP contribution < -0.4 is 4.74 Å². The van der Waals surface area contributed by atoms with Gasteiger partial charge in [-0.15, -0.1) is 0 Å². The molecule has 21 heavy (non-hydrogen) atoms. The van der Waals surface area contributed by atoms with Crippen LogP contribution in [0.5, 0.6) is 5.88 Å². The number of benzene rings is 1. The molecule has 0 spiro atoms. The number of hydrogen-bond acceptors (Lipinski definition) is 3. The lowest BCUT2D eigenvalue weighted by Gasteiger charge is -2.11. The van der Waals surface area contributed by atoms with E-state index in [1.54, 1.807) is 6.07 Å². The van der Waals surface area contributed by atoms with Gasteiger partial charge in [-0.25, -0.2) is 4.98 Å². The van der Waals surface area contributed by atoms with Gasteiger partial charge in [0.15, 0.2) is 5.78 Å². The molecule has 1 aromatic carbocycles. The summed E-state index contributed by atoms with van der Waals surface area (Å²) in [6.45, 7) is 1.46. The number of halogens is 3. The molecule has 0 atom stereocenters. The highest BCUT2D eigenvalue weighted by Gasteiger charge is 2.31. The summed E-state index contributed by atoms with van der Waals surface area (Å²) < 4.78 is 42.9. The minimum atomic E-state index is -4.43. The van der Waals surface area contributed by atoms with Crippen molar-refractivity contribution in [3.63, 3.8) is 0 Å². The Morgan fingerprint density at radius 1 is 1.19 bits per heavy atom. The fraction of sp³-hybridized carbons (Fsp3) is 0.200. The van der Waals surface area contributed by atoms with Gasteiger partial charge in [-0.3, -0.25) is 4.79 Å². The molecule has 0 bridgehead atoms. The molecule has 0 amide bonds. The Hall–Kier alpha value is -2.37. The van der Waals surface area contributed by atoms with Crippen LogP contribution >= 0.6 is 0 Å². The average Bonchev–Trinajstić information content (AvgIpc) is 2.45. The number of rotatable bonds is 3. The molecule has 1 heterocycles. The number of methoxy groups -OCH3 is 1. The lowest BCUT2D eigenvalue weighted by Crippen LogP contribution is -2.10. The zero-order chi connectivity index (χ0) is 15.6. The number of pyridine rings is 1. The van der Waals surface area contributed by atoms with Crippen LogP contribution in [0, 0.1) is 6.92 Å². The molecule has 0 aliphatic rings. The van der Waals surface area contributed by atoms with Crippen LogP contribution in [0.15, 0.2) is 36.5 Å². The first-order valence-corrected chi connectivity index (χ1v) is 6.06. The number of alkyl halides is 3. The molecule has 0 aliphatic carbocycles.